The highest BCUT2D eigenvalue weighted by molar-refractivity contribution is 7.87. The number of carbonyl (C=O) groups is 1. The first-order valence-electron chi connectivity index (χ1n) is 11.4. The van der Waals surface area contributed by atoms with E-state index in [0.717, 1.165) is 62.1 Å². The molecular formula is C25H35FN2O4S. The van der Waals surface area contributed by atoms with E-state index >= 15 is 0 Å². The molecule has 0 heterocycles. The molecule has 0 aromatic heterocycles. The van der Waals surface area contributed by atoms with Crippen LogP contribution >= 0.6 is 0 Å². The lowest BCUT2D eigenvalue weighted by atomic mass is 9.97. The molecule has 0 spiro atoms. The second-order valence-electron chi connectivity index (χ2n) is 8.45. The van der Waals surface area contributed by atoms with E-state index in [4.69, 9.17) is 4.18 Å². The van der Waals surface area contributed by atoms with Crippen molar-refractivity contribution < 1.29 is 21.8 Å². The van der Waals surface area contributed by atoms with Crippen LogP contribution in [0.4, 0.5) is 4.39 Å². The molecule has 182 valence electrons. The molecule has 33 heavy (non-hydrogen) atoms. The first kappa shape index (κ1) is 26.8. The summed E-state index contributed by atoms with van der Waals surface area (Å²) in [5, 5.41) is 0. The fourth-order valence-corrected chi connectivity index (χ4v) is 4.38. The van der Waals surface area contributed by atoms with Gasteiger partial charge in [0.05, 0.1) is 0 Å². The number of likely N-dealkylation sites (N-methyl/N-ethyl adjacent to an activating group) is 1. The van der Waals surface area contributed by atoms with Gasteiger partial charge in [-0.1, -0.05) is 38.8 Å². The van der Waals surface area contributed by atoms with Gasteiger partial charge in [0.15, 0.2) is 0 Å². The number of rotatable bonds is 13. The third-order valence-electron chi connectivity index (χ3n) is 5.48. The van der Waals surface area contributed by atoms with Gasteiger partial charge >= 0.3 is 10.1 Å². The summed E-state index contributed by atoms with van der Waals surface area (Å²) in [5.74, 6) is -0.196. The molecule has 1 amide bonds. The van der Waals surface area contributed by atoms with Gasteiger partial charge in [0.1, 0.15) is 16.5 Å². The Kier molecular flexibility index (Phi) is 10.3. The van der Waals surface area contributed by atoms with E-state index in [2.05, 4.69) is 13.8 Å². The zero-order chi connectivity index (χ0) is 24.4. The quantitative estimate of drug-likeness (QED) is 0.391. The molecule has 0 radical (unpaired) electrons. The third kappa shape index (κ3) is 8.44. The van der Waals surface area contributed by atoms with Crippen molar-refractivity contribution in [1.82, 2.24) is 9.80 Å². The summed E-state index contributed by atoms with van der Waals surface area (Å²) in [7, 11) is -0.104. The van der Waals surface area contributed by atoms with E-state index in [0.29, 0.717) is 13.1 Å². The van der Waals surface area contributed by atoms with Crippen LogP contribution in [0.1, 0.15) is 45.1 Å². The molecule has 0 aliphatic carbocycles. The fourth-order valence-electron chi connectivity index (χ4n) is 3.45. The maximum atomic E-state index is 13.2. The largest absolute Gasteiger partial charge is 0.379 e. The van der Waals surface area contributed by atoms with Gasteiger partial charge in [0.25, 0.3) is 0 Å². The summed E-state index contributed by atoms with van der Waals surface area (Å²) in [6, 6.07) is 11.1. The average molecular weight is 479 g/mol. The minimum atomic E-state index is -4.06. The Balaban J connectivity index is 2.12. The van der Waals surface area contributed by atoms with Gasteiger partial charge in [-0.05, 0) is 68.9 Å². The molecule has 2 aromatic carbocycles. The number of unbranched alkanes of at least 4 members (excludes halogenated alkanes) is 1. The molecule has 0 unspecified atom stereocenters. The van der Waals surface area contributed by atoms with Gasteiger partial charge in [-0.25, -0.2) is 4.39 Å². The number of hydrogen-bond acceptors (Lipinski definition) is 5. The topological polar surface area (TPSA) is 66.9 Å². The summed E-state index contributed by atoms with van der Waals surface area (Å²) >= 11 is 0. The van der Waals surface area contributed by atoms with Crippen molar-refractivity contribution in [2.45, 2.75) is 51.0 Å². The number of carbonyl (C=O) groups excluding carboxylic acids is 1. The molecule has 6 nitrogen and oxygen atoms in total. The second-order valence-corrected chi connectivity index (χ2v) is 9.99. The molecule has 0 fully saturated rings. The van der Waals surface area contributed by atoms with E-state index in [1.165, 1.54) is 0 Å². The zero-order valence-corrected chi connectivity index (χ0v) is 20.8. The van der Waals surface area contributed by atoms with Crippen LogP contribution in [0.2, 0.25) is 0 Å². The highest BCUT2D eigenvalue weighted by atomic mass is 32.2. The number of hydrogen-bond donors (Lipinski definition) is 0. The summed E-state index contributed by atoms with van der Waals surface area (Å²) in [6.07, 6.45) is 3.79. The summed E-state index contributed by atoms with van der Waals surface area (Å²) in [6.45, 7) is 6.00. The predicted molar refractivity (Wildman–Crippen MR) is 128 cm³/mol. The maximum absolute atomic E-state index is 13.2. The van der Waals surface area contributed by atoms with Gasteiger partial charge in [-0.15, -0.1) is 0 Å². The van der Waals surface area contributed by atoms with Gasteiger partial charge in [0.2, 0.25) is 5.91 Å². The Bertz CT molecular complexity index is 976. The monoisotopic (exact) mass is 478 g/mol. The standard InChI is InChI=1S/C25H35FN2O4S/c1-5-7-8-21(6-2)25(29)28(18-17-27(3)4)19-20-9-13-23(14-10-20)32-33(30,31)24-15-11-22(26)12-16-24/h9-16,21H,5-8,17-19H2,1-4H3/t21-/m1/s1. The van der Waals surface area contributed by atoms with Crippen LogP contribution in [-0.4, -0.2) is 51.3 Å². The molecule has 2 rings (SSSR count). The number of nitrogens with zero attached hydrogens (tertiary/aromatic N) is 2. The Hall–Kier alpha value is -2.45. The average Bonchev–Trinajstić information content (AvgIpc) is 2.78. The molecule has 1 atom stereocenters. The Morgan fingerprint density at radius 3 is 2.18 bits per heavy atom. The van der Waals surface area contributed by atoms with Crippen molar-refractivity contribution in [1.29, 1.82) is 0 Å². The zero-order valence-electron chi connectivity index (χ0n) is 20.0. The van der Waals surface area contributed by atoms with Crippen molar-refractivity contribution >= 4 is 16.0 Å². The van der Waals surface area contributed by atoms with Crippen molar-refractivity contribution in [3.8, 4) is 5.75 Å². The van der Waals surface area contributed by atoms with Crippen LogP contribution < -0.4 is 4.18 Å². The molecule has 2 aromatic rings. The van der Waals surface area contributed by atoms with Gasteiger partial charge in [0, 0.05) is 25.6 Å². The van der Waals surface area contributed by atoms with Crippen LogP contribution in [0.15, 0.2) is 53.4 Å². The highest BCUT2D eigenvalue weighted by Crippen LogP contribution is 2.22. The molecule has 0 saturated heterocycles. The minimum Gasteiger partial charge on any atom is -0.379 e. The number of halogens is 1. The normalized spacial score (nSPS) is 12.5. The lowest BCUT2D eigenvalue weighted by Crippen LogP contribution is -2.39. The molecule has 0 saturated carbocycles. The summed E-state index contributed by atoms with van der Waals surface area (Å²) in [5.41, 5.74) is 0.888. The maximum Gasteiger partial charge on any atom is 0.339 e. The Morgan fingerprint density at radius 1 is 1.00 bits per heavy atom. The number of benzene rings is 2. The smallest absolute Gasteiger partial charge is 0.339 e. The van der Waals surface area contributed by atoms with Crippen LogP contribution in [0.5, 0.6) is 5.75 Å². The van der Waals surface area contributed by atoms with Gasteiger partial charge < -0.3 is 14.0 Å². The van der Waals surface area contributed by atoms with E-state index < -0.39 is 15.9 Å². The first-order chi connectivity index (χ1) is 15.7. The molecule has 0 N–H and O–H groups in total. The Morgan fingerprint density at radius 2 is 1.64 bits per heavy atom. The van der Waals surface area contributed by atoms with E-state index in [-0.39, 0.29) is 22.5 Å². The molecule has 0 aliphatic rings. The fraction of sp³-hybridized carbons (Fsp3) is 0.480. The van der Waals surface area contributed by atoms with Crippen molar-refractivity contribution in [3.05, 3.63) is 59.9 Å². The second kappa shape index (κ2) is 12.7. The summed E-state index contributed by atoms with van der Waals surface area (Å²) in [4.78, 5) is 17.0. The predicted octanol–water partition coefficient (Wildman–Crippen LogP) is 4.70. The van der Waals surface area contributed by atoms with E-state index in [1.54, 1.807) is 24.3 Å². The van der Waals surface area contributed by atoms with Crippen LogP contribution in [-0.2, 0) is 21.5 Å². The molecular weight excluding hydrogens is 443 g/mol. The SMILES string of the molecule is CCCC[C@@H](CC)C(=O)N(CCN(C)C)Cc1ccc(OS(=O)(=O)c2ccc(F)cc2)cc1. The molecule has 8 heteroatoms. The van der Waals surface area contributed by atoms with Gasteiger partial charge in [-0.3, -0.25) is 4.79 Å². The van der Waals surface area contributed by atoms with E-state index in [9.17, 15) is 17.6 Å². The molecule has 0 bridgehead atoms. The van der Waals surface area contributed by atoms with Crippen molar-refractivity contribution in [2.24, 2.45) is 5.92 Å². The van der Waals surface area contributed by atoms with Gasteiger partial charge in [-0.2, -0.15) is 8.42 Å². The lowest BCUT2D eigenvalue weighted by Gasteiger charge is -2.28. The van der Waals surface area contributed by atoms with Crippen LogP contribution in [0.25, 0.3) is 0 Å². The Labute approximate surface area is 197 Å². The lowest BCUT2D eigenvalue weighted by molar-refractivity contribution is -0.136. The number of amides is 1. The van der Waals surface area contributed by atoms with Crippen LogP contribution in [0.3, 0.4) is 0 Å². The minimum absolute atomic E-state index is 0.00979. The highest BCUT2D eigenvalue weighted by Gasteiger charge is 2.23. The third-order valence-corrected chi connectivity index (χ3v) is 6.74. The first-order valence-corrected chi connectivity index (χ1v) is 12.8. The van der Waals surface area contributed by atoms with Crippen molar-refractivity contribution in [2.75, 3.05) is 27.2 Å². The molecule has 0 aliphatic heterocycles. The van der Waals surface area contributed by atoms with Crippen molar-refractivity contribution in [3.63, 3.8) is 0 Å². The van der Waals surface area contributed by atoms with Crippen LogP contribution in [0, 0.1) is 11.7 Å². The van der Waals surface area contributed by atoms with E-state index in [1.807, 2.05) is 23.9 Å². The summed E-state index contributed by atoms with van der Waals surface area (Å²) < 4.78 is 43.1.